The van der Waals surface area contributed by atoms with E-state index in [1.54, 1.807) is 30.3 Å². The highest BCUT2D eigenvalue weighted by Gasteiger charge is 2.11. The molecule has 2 N–H and O–H groups in total. The van der Waals surface area contributed by atoms with Crippen LogP contribution in [0.1, 0.15) is 16.7 Å². The first-order chi connectivity index (χ1) is 12.0. The third kappa shape index (κ3) is 3.55. The quantitative estimate of drug-likeness (QED) is 0.746. The summed E-state index contributed by atoms with van der Waals surface area (Å²) in [5.41, 5.74) is 10.1. The number of aromatic nitrogens is 2. The van der Waals surface area contributed by atoms with E-state index in [0.717, 1.165) is 11.1 Å². The van der Waals surface area contributed by atoms with E-state index in [2.05, 4.69) is 40.9 Å². The third-order valence-electron chi connectivity index (χ3n) is 4.29. The van der Waals surface area contributed by atoms with Crippen LogP contribution in [0.4, 0.5) is 5.82 Å². The summed E-state index contributed by atoms with van der Waals surface area (Å²) in [4.78, 5) is 18.1. The summed E-state index contributed by atoms with van der Waals surface area (Å²) >= 11 is 0. The second kappa shape index (κ2) is 6.81. The SMILES string of the molecule is Cc1ccc2c(CN(C)C(=O)/C=C/c3cccnc3N)cn(C)c2c1. The van der Waals surface area contributed by atoms with E-state index in [4.69, 9.17) is 5.73 Å². The van der Waals surface area contributed by atoms with E-state index in [1.807, 2.05) is 13.1 Å². The number of nitrogen functional groups attached to an aromatic ring is 1. The van der Waals surface area contributed by atoms with Crippen molar-refractivity contribution in [3.8, 4) is 0 Å². The molecule has 2 aromatic heterocycles. The molecule has 5 heteroatoms. The highest BCUT2D eigenvalue weighted by atomic mass is 16.2. The fourth-order valence-corrected chi connectivity index (χ4v) is 2.90. The first-order valence-electron chi connectivity index (χ1n) is 8.14. The van der Waals surface area contributed by atoms with Gasteiger partial charge in [-0.2, -0.15) is 0 Å². The molecule has 0 saturated heterocycles. The van der Waals surface area contributed by atoms with Crippen LogP contribution < -0.4 is 5.73 Å². The molecule has 128 valence electrons. The Labute approximate surface area is 147 Å². The van der Waals surface area contributed by atoms with Gasteiger partial charge in [0.2, 0.25) is 5.91 Å². The number of rotatable bonds is 4. The van der Waals surface area contributed by atoms with Gasteiger partial charge in [0.1, 0.15) is 5.82 Å². The average Bonchev–Trinajstić information content (AvgIpc) is 2.89. The number of likely N-dealkylation sites (N-methyl/N-ethyl adjacent to an activating group) is 1. The summed E-state index contributed by atoms with van der Waals surface area (Å²) in [6, 6.07) is 10.00. The van der Waals surface area contributed by atoms with Gasteiger partial charge < -0.3 is 15.2 Å². The molecule has 0 aliphatic carbocycles. The molecule has 0 unspecified atom stereocenters. The van der Waals surface area contributed by atoms with Crippen molar-refractivity contribution >= 4 is 28.7 Å². The maximum Gasteiger partial charge on any atom is 0.246 e. The fourth-order valence-electron chi connectivity index (χ4n) is 2.90. The highest BCUT2D eigenvalue weighted by molar-refractivity contribution is 5.92. The van der Waals surface area contributed by atoms with Gasteiger partial charge in [0.25, 0.3) is 0 Å². The van der Waals surface area contributed by atoms with Gasteiger partial charge in [0, 0.05) is 55.6 Å². The van der Waals surface area contributed by atoms with Gasteiger partial charge in [-0.1, -0.05) is 12.1 Å². The van der Waals surface area contributed by atoms with Gasteiger partial charge in [0.05, 0.1) is 0 Å². The number of benzene rings is 1. The Hall–Kier alpha value is -3.08. The van der Waals surface area contributed by atoms with Crippen molar-refractivity contribution in [2.45, 2.75) is 13.5 Å². The van der Waals surface area contributed by atoms with Gasteiger partial charge in [-0.05, 0) is 42.3 Å². The molecule has 3 aromatic rings. The minimum absolute atomic E-state index is 0.0765. The molecular formula is C20H22N4O. The molecular weight excluding hydrogens is 312 g/mol. The first kappa shape index (κ1) is 16.8. The monoisotopic (exact) mass is 334 g/mol. The fraction of sp³-hybridized carbons (Fsp3) is 0.200. The van der Waals surface area contributed by atoms with Crippen molar-refractivity contribution in [2.75, 3.05) is 12.8 Å². The van der Waals surface area contributed by atoms with E-state index in [1.165, 1.54) is 22.5 Å². The van der Waals surface area contributed by atoms with Crippen LogP contribution in [0.15, 0.2) is 48.8 Å². The number of nitrogens with two attached hydrogens (primary N) is 1. The zero-order chi connectivity index (χ0) is 18.0. The van der Waals surface area contributed by atoms with Crippen LogP contribution in [-0.4, -0.2) is 27.4 Å². The molecule has 0 atom stereocenters. The molecule has 3 rings (SSSR count). The molecule has 25 heavy (non-hydrogen) atoms. The topological polar surface area (TPSA) is 64.2 Å². The standard InChI is InChI=1S/C20H22N4O/c1-14-6-8-17-16(12-23(2)18(17)11-14)13-24(3)19(25)9-7-15-5-4-10-22-20(15)21/h4-12H,13H2,1-3H3,(H2,21,22)/b9-7+. The van der Waals surface area contributed by atoms with Crippen LogP contribution in [0.3, 0.4) is 0 Å². The lowest BCUT2D eigenvalue weighted by molar-refractivity contribution is -0.125. The second-order valence-corrected chi connectivity index (χ2v) is 6.29. The van der Waals surface area contributed by atoms with E-state index >= 15 is 0 Å². The number of hydrogen-bond donors (Lipinski definition) is 1. The summed E-state index contributed by atoms with van der Waals surface area (Å²) in [5.74, 6) is 0.339. The molecule has 0 aliphatic rings. The molecule has 5 nitrogen and oxygen atoms in total. The number of carbonyl (C=O) groups is 1. The van der Waals surface area contributed by atoms with E-state index in [0.29, 0.717) is 12.4 Å². The average molecular weight is 334 g/mol. The zero-order valence-electron chi connectivity index (χ0n) is 14.7. The Balaban J connectivity index is 1.77. The molecule has 0 aliphatic heterocycles. The number of amides is 1. The van der Waals surface area contributed by atoms with E-state index < -0.39 is 0 Å². The number of anilines is 1. The van der Waals surface area contributed by atoms with Crippen LogP contribution >= 0.6 is 0 Å². The van der Waals surface area contributed by atoms with Crippen LogP contribution in [0.2, 0.25) is 0 Å². The Morgan fingerprint density at radius 3 is 2.92 bits per heavy atom. The molecule has 0 spiro atoms. The molecule has 1 amide bonds. The number of hydrogen-bond acceptors (Lipinski definition) is 3. The van der Waals surface area contributed by atoms with Crippen molar-refractivity contribution in [2.24, 2.45) is 7.05 Å². The molecule has 0 saturated carbocycles. The Morgan fingerprint density at radius 1 is 1.36 bits per heavy atom. The number of fused-ring (bicyclic) bond motifs is 1. The van der Waals surface area contributed by atoms with Crippen molar-refractivity contribution in [1.29, 1.82) is 0 Å². The molecule has 0 fully saturated rings. The van der Waals surface area contributed by atoms with Crippen molar-refractivity contribution < 1.29 is 4.79 Å². The highest BCUT2D eigenvalue weighted by Crippen LogP contribution is 2.23. The Morgan fingerprint density at radius 2 is 2.16 bits per heavy atom. The van der Waals surface area contributed by atoms with Gasteiger partial charge in [-0.25, -0.2) is 4.98 Å². The maximum absolute atomic E-state index is 12.4. The summed E-state index contributed by atoms with van der Waals surface area (Å²) in [6.45, 7) is 2.63. The minimum atomic E-state index is -0.0765. The van der Waals surface area contributed by atoms with Crippen LogP contribution in [-0.2, 0) is 18.4 Å². The lowest BCUT2D eigenvalue weighted by Crippen LogP contribution is -2.24. The smallest absolute Gasteiger partial charge is 0.246 e. The van der Waals surface area contributed by atoms with Gasteiger partial charge in [0.15, 0.2) is 0 Å². The number of nitrogens with zero attached hydrogens (tertiary/aromatic N) is 3. The van der Waals surface area contributed by atoms with Gasteiger partial charge in [-0.15, -0.1) is 0 Å². The van der Waals surface area contributed by atoms with Crippen LogP contribution in [0.25, 0.3) is 17.0 Å². The van der Waals surface area contributed by atoms with E-state index in [9.17, 15) is 4.79 Å². The van der Waals surface area contributed by atoms with Gasteiger partial charge >= 0.3 is 0 Å². The predicted octanol–water partition coefficient (Wildman–Crippen LogP) is 3.14. The second-order valence-electron chi connectivity index (χ2n) is 6.29. The van der Waals surface area contributed by atoms with Crippen LogP contribution in [0.5, 0.6) is 0 Å². The van der Waals surface area contributed by atoms with E-state index in [-0.39, 0.29) is 5.91 Å². The number of carbonyl (C=O) groups excluding carboxylic acids is 1. The zero-order valence-corrected chi connectivity index (χ0v) is 14.7. The number of aryl methyl sites for hydroxylation is 2. The van der Waals surface area contributed by atoms with Gasteiger partial charge in [-0.3, -0.25) is 4.79 Å². The molecule has 0 bridgehead atoms. The lowest BCUT2D eigenvalue weighted by Gasteiger charge is -2.14. The third-order valence-corrected chi connectivity index (χ3v) is 4.29. The molecule has 1 aromatic carbocycles. The summed E-state index contributed by atoms with van der Waals surface area (Å²) in [6.07, 6.45) is 6.94. The largest absolute Gasteiger partial charge is 0.383 e. The lowest BCUT2D eigenvalue weighted by atomic mass is 10.1. The Bertz CT molecular complexity index is 955. The predicted molar refractivity (Wildman–Crippen MR) is 102 cm³/mol. The molecule has 2 heterocycles. The van der Waals surface area contributed by atoms with Crippen LogP contribution in [0, 0.1) is 6.92 Å². The molecule has 0 radical (unpaired) electrons. The normalized spacial score (nSPS) is 11.3. The van der Waals surface area contributed by atoms with Crippen molar-refractivity contribution in [3.05, 3.63) is 65.5 Å². The summed E-state index contributed by atoms with van der Waals surface area (Å²) < 4.78 is 2.10. The maximum atomic E-state index is 12.4. The van der Waals surface area contributed by atoms with Crippen molar-refractivity contribution in [1.82, 2.24) is 14.5 Å². The Kier molecular flexibility index (Phi) is 4.57. The van der Waals surface area contributed by atoms with Crippen molar-refractivity contribution in [3.63, 3.8) is 0 Å². The number of pyridine rings is 1. The minimum Gasteiger partial charge on any atom is -0.383 e. The summed E-state index contributed by atoms with van der Waals surface area (Å²) in [7, 11) is 3.82. The first-order valence-corrected chi connectivity index (χ1v) is 8.14. The summed E-state index contributed by atoms with van der Waals surface area (Å²) in [5, 5.41) is 1.17.